The van der Waals surface area contributed by atoms with Crippen LogP contribution in [0, 0.1) is 11.3 Å². The van der Waals surface area contributed by atoms with Crippen molar-refractivity contribution in [3.63, 3.8) is 0 Å². The third-order valence-electron chi connectivity index (χ3n) is 10.3. The van der Waals surface area contributed by atoms with E-state index in [-0.39, 0.29) is 29.6 Å². The van der Waals surface area contributed by atoms with E-state index in [1.54, 1.807) is 11.3 Å². The molecule has 3 atom stereocenters. The number of anilines is 3. The van der Waals surface area contributed by atoms with Gasteiger partial charge < -0.3 is 30.3 Å². The van der Waals surface area contributed by atoms with Crippen LogP contribution in [0.4, 0.5) is 21.4 Å². The van der Waals surface area contributed by atoms with Gasteiger partial charge in [-0.2, -0.15) is 20.3 Å². The molecule has 1 amide bonds. The largest absolute Gasteiger partial charge is 0.462 e. The Morgan fingerprint density at radius 1 is 1.17 bits per heavy atom. The standard InChI is InChI=1S/C33H42N10O3S/c1-32(2,3)46-31(44)43-22-6-7-23(43)16-40(15-22)26-11-27(39-30(38-26)45-17-20-14-42-21(13-36-20)8-10-37-42)41-18-33(19-41)9-4-5-25-28(33)24(12-34)29(35)47-25/h8,10-11,20,22-23,36H,4-7,9,13-19,35H2,1-3H3. The smallest absolute Gasteiger partial charge is 0.410 e. The topological polar surface area (TPSA) is 151 Å². The Morgan fingerprint density at radius 3 is 2.64 bits per heavy atom. The Kier molecular flexibility index (Phi) is 7.25. The summed E-state index contributed by atoms with van der Waals surface area (Å²) >= 11 is 1.58. The number of amides is 1. The van der Waals surface area contributed by atoms with Gasteiger partial charge in [0, 0.05) is 55.3 Å². The predicted molar refractivity (Wildman–Crippen MR) is 178 cm³/mol. The number of carbonyl (C=O) groups excluding carboxylic acids is 1. The second-order valence-electron chi connectivity index (χ2n) is 14.7. The SMILES string of the molecule is CC(C)(C)OC(=O)N1C2CCC1CN(c1cc(N3CC4(CCCc5sc(N)c(C#N)c54)C3)nc(OCC3Cn4nccc4CN3)n1)C2. The summed E-state index contributed by atoms with van der Waals surface area (Å²) in [5.41, 5.74) is 8.65. The van der Waals surface area contributed by atoms with Gasteiger partial charge in [-0.3, -0.25) is 9.58 Å². The van der Waals surface area contributed by atoms with Gasteiger partial charge in [0.15, 0.2) is 0 Å². The maximum absolute atomic E-state index is 13.1. The number of nitrogens with one attached hydrogen (secondary N) is 1. The minimum Gasteiger partial charge on any atom is -0.462 e. The van der Waals surface area contributed by atoms with Gasteiger partial charge in [-0.05, 0) is 64.5 Å². The van der Waals surface area contributed by atoms with Crippen LogP contribution in [0.25, 0.3) is 0 Å². The summed E-state index contributed by atoms with van der Waals surface area (Å²) in [4.78, 5) is 30.8. The van der Waals surface area contributed by atoms with Crippen molar-refractivity contribution in [1.82, 2.24) is 30.0 Å². The molecule has 8 rings (SSSR count). The fourth-order valence-corrected chi connectivity index (χ4v) is 9.38. The summed E-state index contributed by atoms with van der Waals surface area (Å²) in [5.74, 6) is 1.62. The molecular weight excluding hydrogens is 616 g/mol. The lowest BCUT2D eigenvalue weighted by atomic mass is 9.66. The lowest BCUT2D eigenvalue weighted by Crippen LogP contribution is -2.61. The molecule has 3 fully saturated rings. The number of thiophene rings is 1. The monoisotopic (exact) mass is 658 g/mol. The van der Waals surface area contributed by atoms with E-state index in [4.69, 9.17) is 25.2 Å². The molecule has 3 N–H and O–H groups in total. The van der Waals surface area contributed by atoms with Gasteiger partial charge in [0.25, 0.3) is 0 Å². The predicted octanol–water partition coefficient (Wildman–Crippen LogP) is 3.42. The van der Waals surface area contributed by atoms with Gasteiger partial charge in [-0.25, -0.2) is 4.79 Å². The molecule has 0 saturated carbocycles. The molecule has 2 bridgehead atoms. The maximum Gasteiger partial charge on any atom is 0.410 e. The van der Waals surface area contributed by atoms with Crippen LogP contribution in [0.2, 0.25) is 0 Å². The maximum atomic E-state index is 13.1. The first-order valence-electron chi connectivity index (χ1n) is 16.7. The van der Waals surface area contributed by atoms with Crippen molar-refractivity contribution in [2.45, 2.75) is 95.1 Å². The van der Waals surface area contributed by atoms with E-state index in [2.05, 4.69) is 32.4 Å². The van der Waals surface area contributed by atoms with Crippen LogP contribution in [0.5, 0.6) is 6.01 Å². The van der Waals surface area contributed by atoms with E-state index in [0.717, 1.165) is 74.6 Å². The quantitative estimate of drug-likeness (QED) is 0.415. The van der Waals surface area contributed by atoms with Crippen LogP contribution in [-0.4, -0.2) is 87.3 Å². The minimum absolute atomic E-state index is 0.0579. The molecule has 0 radical (unpaired) electrons. The third kappa shape index (κ3) is 5.43. The summed E-state index contributed by atoms with van der Waals surface area (Å²) in [6.07, 6.45) is 6.57. The molecular formula is C33H42N10O3S. The van der Waals surface area contributed by atoms with Gasteiger partial charge in [0.1, 0.15) is 34.9 Å². The number of nitrogens with two attached hydrogens (primary N) is 1. The van der Waals surface area contributed by atoms with Gasteiger partial charge in [0.05, 0.1) is 35.9 Å². The first-order valence-corrected chi connectivity index (χ1v) is 17.5. The van der Waals surface area contributed by atoms with E-state index in [1.165, 1.54) is 4.88 Å². The number of piperazine rings is 1. The first kappa shape index (κ1) is 30.3. The summed E-state index contributed by atoms with van der Waals surface area (Å²) in [6.45, 7) is 10.5. The lowest BCUT2D eigenvalue weighted by molar-refractivity contribution is 0.0122. The van der Waals surface area contributed by atoms with E-state index in [1.807, 2.05) is 42.6 Å². The lowest BCUT2D eigenvalue weighted by Gasteiger charge is -2.53. The number of nitrogen functional groups attached to an aromatic ring is 1. The van der Waals surface area contributed by atoms with Crippen LogP contribution in [0.1, 0.15) is 68.2 Å². The molecule has 1 aliphatic carbocycles. The Hall–Kier alpha value is -4.09. The van der Waals surface area contributed by atoms with Crippen molar-refractivity contribution in [2.24, 2.45) is 0 Å². The first-order chi connectivity index (χ1) is 22.6. The molecule has 1 spiro atoms. The summed E-state index contributed by atoms with van der Waals surface area (Å²) in [5, 5.41) is 18.6. The number of hydrogen-bond acceptors (Lipinski definition) is 12. The zero-order chi connectivity index (χ0) is 32.5. The van der Waals surface area contributed by atoms with Crippen LogP contribution in [0.3, 0.4) is 0 Å². The fraction of sp³-hybridized carbons (Fsp3) is 0.606. The van der Waals surface area contributed by atoms with Crippen LogP contribution < -0.4 is 25.6 Å². The highest BCUT2D eigenvalue weighted by Crippen LogP contribution is 2.51. The van der Waals surface area contributed by atoms with Gasteiger partial charge in [0.2, 0.25) is 0 Å². The van der Waals surface area contributed by atoms with Crippen LogP contribution in [0.15, 0.2) is 18.3 Å². The van der Waals surface area contributed by atoms with Crippen molar-refractivity contribution in [3.05, 3.63) is 40.0 Å². The van der Waals surface area contributed by atoms with Crippen LogP contribution >= 0.6 is 11.3 Å². The highest BCUT2D eigenvalue weighted by atomic mass is 32.1. The van der Waals surface area contributed by atoms with E-state index in [9.17, 15) is 10.1 Å². The molecule has 4 aliphatic heterocycles. The number of carbonyl (C=O) groups is 1. The molecule has 14 heteroatoms. The van der Waals surface area contributed by atoms with E-state index in [0.29, 0.717) is 42.8 Å². The number of rotatable bonds is 5. The molecule has 248 valence electrons. The number of hydrogen-bond donors (Lipinski definition) is 2. The number of nitriles is 1. The summed E-state index contributed by atoms with van der Waals surface area (Å²) in [7, 11) is 0. The normalized spacial score (nSPS) is 24.4. The number of fused-ring (bicyclic) bond motifs is 5. The molecule has 7 heterocycles. The number of nitrogens with zero attached hydrogens (tertiary/aromatic N) is 8. The second-order valence-corrected chi connectivity index (χ2v) is 15.8. The molecule has 5 aliphatic rings. The van der Waals surface area contributed by atoms with Crippen molar-refractivity contribution < 1.29 is 14.3 Å². The average Bonchev–Trinajstić information content (AvgIpc) is 3.70. The number of aromatic nitrogens is 4. The van der Waals surface area contributed by atoms with Crippen molar-refractivity contribution >= 4 is 34.1 Å². The minimum atomic E-state index is -0.538. The Balaban J connectivity index is 1.05. The second kappa shape index (κ2) is 11.3. The van der Waals surface area contributed by atoms with E-state index >= 15 is 0 Å². The molecule has 3 aromatic heterocycles. The van der Waals surface area contributed by atoms with Crippen molar-refractivity contribution in [1.29, 1.82) is 5.26 Å². The molecule has 3 saturated heterocycles. The molecule has 0 aromatic carbocycles. The molecule has 13 nitrogen and oxygen atoms in total. The zero-order valence-corrected chi connectivity index (χ0v) is 28.1. The van der Waals surface area contributed by atoms with Crippen LogP contribution in [-0.2, 0) is 29.7 Å². The number of aryl methyl sites for hydroxylation is 1. The fourth-order valence-electron chi connectivity index (χ4n) is 8.20. The summed E-state index contributed by atoms with van der Waals surface area (Å²) in [6, 6.07) is 7.02. The van der Waals surface area contributed by atoms with Gasteiger partial charge >= 0.3 is 12.1 Å². The van der Waals surface area contributed by atoms with Crippen molar-refractivity contribution in [3.8, 4) is 12.1 Å². The summed E-state index contributed by atoms with van der Waals surface area (Å²) < 4.78 is 14.1. The van der Waals surface area contributed by atoms with Gasteiger partial charge in [-0.1, -0.05) is 0 Å². The zero-order valence-electron chi connectivity index (χ0n) is 27.2. The number of ether oxygens (including phenoxy) is 2. The molecule has 3 unspecified atom stereocenters. The van der Waals surface area contributed by atoms with Crippen molar-refractivity contribution in [2.75, 3.05) is 48.3 Å². The Labute approximate surface area is 278 Å². The van der Waals surface area contributed by atoms with Gasteiger partial charge in [-0.15, -0.1) is 11.3 Å². The molecule has 3 aromatic rings. The molecule has 47 heavy (non-hydrogen) atoms. The average molecular weight is 659 g/mol. The highest BCUT2D eigenvalue weighted by Gasteiger charge is 2.50. The highest BCUT2D eigenvalue weighted by molar-refractivity contribution is 7.16. The Morgan fingerprint density at radius 2 is 1.91 bits per heavy atom. The third-order valence-corrected chi connectivity index (χ3v) is 11.4. The van der Waals surface area contributed by atoms with E-state index < -0.39 is 5.60 Å². The Bertz CT molecular complexity index is 1720.